The number of pyridine rings is 1. The number of hydrogen-bond acceptors (Lipinski definition) is 6. The minimum absolute atomic E-state index is 0.312. The van der Waals surface area contributed by atoms with Crippen molar-refractivity contribution in [3.8, 4) is 11.3 Å². The third kappa shape index (κ3) is 4.98. The Morgan fingerprint density at radius 1 is 0.946 bits per heavy atom. The Morgan fingerprint density at radius 2 is 1.81 bits per heavy atom. The second-order valence-electron chi connectivity index (χ2n) is 10.7. The van der Waals surface area contributed by atoms with Crippen molar-refractivity contribution in [2.24, 2.45) is 5.92 Å². The molecule has 4 aromatic rings. The summed E-state index contributed by atoms with van der Waals surface area (Å²) in [4.78, 5) is 38.7. The standard InChI is InChI=1S/C29H31N7O/c37-29(21-3-4-21)36-11-9-35(10-12-36)17-19-7-8-30-23(13-19)15-28-33-24-6-5-22(14-27(24)34-28)26-16-25(20-1-2-20)31-18-32-26/h5-8,13-14,16,18,20-21H,1-4,9-12,15,17H2,(H,33,34). The van der Waals surface area contributed by atoms with E-state index in [1.165, 1.54) is 18.4 Å². The number of hydrogen-bond donors (Lipinski definition) is 1. The molecule has 3 fully saturated rings. The minimum Gasteiger partial charge on any atom is -0.342 e. The molecule has 1 aliphatic heterocycles. The van der Waals surface area contributed by atoms with Gasteiger partial charge in [0, 0.05) is 74.1 Å². The number of imidazole rings is 1. The van der Waals surface area contributed by atoms with E-state index in [9.17, 15) is 4.79 Å². The molecule has 0 bridgehead atoms. The SMILES string of the molecule is O=C(C1CC1)N1CCN(Cc2ccnc(Cc3nc4ccc(-c5cc(C6CC6)ncn5)cc4[nH]3)c2)CC1. The Kier molecular flexibility index (Phi) is 5.69. The third-order valence-corrected chi connectivity index (χ3v) is 7.76. The lowest BCUT2D eigenvalue weighted by atomic mass is 10.1. The van der Waals surface area contributed by atoms with Gasteiger partial charge < -0.3 is 9.88 Å². The van der Waals surface area contributed by atoms with Gasteiger partial charge in [-0.15, -0.1) is 0 Å². The summed E-state index contributed by atoms with van der Waals surface area (Å²) in [6.07, 6.45) is 8.84. The van der Waals surface area contributed by atoms with Crippen molar-refractivity contribution >= 4 is 16.9 Å². The van der Waals surface area contributed by atoms with Gasteiger partial charge in [0.15, 0.2) is 0 Å². The number of fused-ring (bicyclic) bond motifs is 1. The van der Waals surface area contributed by atoms with Crippen molar-refractivity contribution in [2.75, 3.05) is 26.2 Å². The van der Waals surface area contributed by atoms with Crippen LogP contribution in [0.2, 0.25) is 0 Å². The first-order chi connectivity index (χ1) is 18.2. The molecule has 1 aromatic carbocycles. The van der Waals surface area contributed by atoms with Gasteiger partial charge in [-0.3, -0.25) is 14.7 Å². The number of aromatic nitrogens is 5. The van der Waals surface area contributed by atoms with Crippen LogP contribution in [0.1, 0.15) is 54.4 Å². The Bertz CT molecular complexity index is 1450. The molecule has 0 radical (unpaired) electrons. The molecular formula is C29H31N7O. The van der Waals surface area contributed by atoms with E-state index in [0.717, 1.165) is 85.1 Å². The summed E-state index contributed by atoms with van der Waals surface area (Å²) < 4.78 is 0. The highest BCUT2D eigenvalue weighted by Gasteiger charge is 2.34. The van der Waals surface area contributed by atoms with Crippen molar-refractivity contribution < 1.29 is 4.79 Å². The first kappa shape index (κ1) is 22.5. The molecule has 3 aliphatic rings. The fraction of sp³-hybridized carbons (Fsp3) is 0.414. The van der Waals surface area contributed by atoms with Crippen LogP contribution in [0.4, 0.5) is 0 Å². The van der Waals surface area contributed by atoms with E-state index in [-0.39, 0.29) is 0 Å². The maximum atomic E-state index is 12.3. The molecule has 7 rings (SSSR count). The van der Waals surface area contributed by atoms with Gasteiger partial charge in [-0.25, -0.2) is 15.0 Å². The number of piperazine rings is 1. The van der Waals surface area contributed by atoms with Crippen LogP contribution in [0.5, 0.6) is 0 Å². The molecule has 1 saturated heterocycles. The fourth-order valence-electron chi connectivity index (χ4n) is 5.31. The molecule has 1 amide bonds. The van der Waals surface area contributed by atoms with E-state index < -0.39 is 0 Å². The molecule has 188 valence electrons. The number of carbonyl (C=O) groups excluding carboxylic acids is 1. The summed E-state index contributed by atoms with van der Waals surface area (Å²) in [5, 5.41) is 0. The Hall–Kier alpha value is -3.65. The fourth-order valence-corrected chi connectivity index (χ4v) is 5.31. The number of rotatable bonds is 7. The zero-order chi connectivity index (χ0) is 24.8. The van der Waals surface area contributed by atoms with Gasteiger partial charge in [0.2, 0.25) is 5.91 Å². The van der Waals surface area contributed by atoms with E-state index in [4.69, 9.17) is 4.98 Å². The van der Waals surface area contributed by atoms with Crippen LogP contribution in [0.25, 0.3) is 22.3 Å². The molecular weight excluding hydrogens is 462 g/mol. The number of H-pyrrole nitrogens is 1. The molecule has 37 heavy (non-hydrogen) atoms. The van der Waals surface area contributed by atoms with Gasteiger partial charge in [-0.1, -0.05) is 6.07 Å². The van der Waals surface area contributed by atoms with Crippen LogP contribution in [0.15, 0.2) is 48.9 Å². The van der Waals surface area contributed by atoms with Gasteiger partial charge in [0.25, 0.3) is 0 Å². The summed E-state index contributed by atoms with van der Waals surface area (Å²) in [5.41, 5.74) is 7.40. The summed E-state index contributed by atoms with van der Waals surface area (Å²) >= 11 is 0. The lowest BCUT2D eigenvalue weighted by Crippen LogP contribution is -2.48. The molecule has 2 saturated carbocycles. The highest BCUT2D eigenvalue weighted by Crippen LogP contribution is 2.39. The number of aromatic amines is 1. The van der Waals surface area contributed by atoms with Crippen LogP contribution in [-0.2, 0) is 17.8 Å². The van der Waals surface area contributed by atoms with Gasteiger partial charge in [-0.2, -0.15) is 0 Å². The number of amides is 1. The van der Waals surface area contributed by atoms with Crippen LogP contribution in [-0.4, -0.2) is 66.8 Å². The lowest BCUT2D eigenvalue weighted by molar-refractivity contribution is -0.134. The molecule has 3 aromatic heterocycles. The van der Waals surface area contributed by atoms with Crippen molar-refractivity contribution in [3.63, 3.8) is 0 Å². The van der Waals surface area contributed by atoms with Crippen molar-refractivity contribution in [2.45, 2.75) is 44.6 Å². The molecule has 1 N–H and O–H groups in total. The van der Waals surface area contributed by atoms with Gasteiger partial charge in [0.05, 0.1) is 16.7 Å². The van der Waals surface area contributed by atoms with Crippen molar-refractivity contribution in [1.82, 2.24) is 34.7 Å². The van der Waals surface area contributed by atoms with Gasteiger partial charge in [0.1, 0.15) is 12.2 Å². The van der Waals surface area contributed by atoms with Gasteiger partial charge >= 0.3 is 0 Å². The number of carbonyl (C=O) groups is 1. The lowest BCUT2D eigenvalue weighted by Gasteiger charge is -2.35. The molecule has 0 atom stereocenters. The zero-order valence-corrected chi connectivity index (χ0v) is 20.9. The van der Waals surface area contributed by atoms with E-state index in [2.05, 4.69) is 66.1 Å². The quantitative estimate of drug-likeness (QED) is 0.419. The summed E-state index contributed by atoms with van der Waals surface area (Å²) in [6, 6.07) is 12.7. The smallest absolute Gasteiger partial charge is 0.225 e. The number of nitrogens with zero attached hydrogens (tertiary/aromatic N) is 6. The highest BCUT2D eigenvalue weighted by molar-refractivity contribution is 5.81. The number of nitrogens with one attached hydrogen (secondary N) is 1. The second-order valence-corrected chi connectivity index (χ2v) is 10.7. The predicted molar refractivity (Wildman–Crippen MR) is 141 cm³/mol. The zero-order valence-electron chi connectivity index (χ0n) is 20.9. The Balaban J connectivity index is 1.02. The van der Waals surface area contributed by atoms with E-state index >= 15 is 0 Å². The second kappa shape index (κ2) is 9.34. The molecule has 4 heterocycles. The topological polar surface area (TPSA) is 90.9 Å². The van der Waals surface area contributed by atoms with Crippen LogP contribution >= 0.6 is 0 Å². The highest BCUT2D eigenvalue weighted by atomic mass is 16.2. The third-order valence-electron chi connectivity index (χ3n) is 7.76. The molecule has 8 nitrogen and oxygen atoms in total. The monoisotopic (exact) mass is 493 g/mol. The average molecular weight is 494 g/mol. The van der Waals surface area contributed by atoms with Crippen LogP contribution in [0, 0.1) is 5.92 Å². The average Bonchev–Trinajstić information content (AvgIpc) is 3.85. The van der Waals surface area contributed by atoms with E-state index in [1.807, 2.05) is 6.20 Å². The number of benzene rings is 1. The van der Waals surface area contributed by atoms with Gasteiger partial charge in [-0.05, 0) is 61.6 Å². The maximum absolute atomic E-state index is 12.3. The molecule has 8 heteroatoms. The predicted octanol–water partition coefficient (Wildman–Crippen LogP) is 3.94. The van der Waals surface area contributed by atoms with Crippen LogP contribution in [0.3, 0.4) is 0 Å². The molecule has 2 aliphatic carbocycles. The summed E-state index contributed by atoms with van der Waals surface area (Å²) in [5.74, 6) is 2.19. The summed E-state index contributed by atoms with van der Waals surface area (Å²) in [7, 11) is 0. The Morgan fingerprint density at radius 3 is 2.62 bits per heavy atom. The first-order valence-electron chi connectivity index (χ1n) is 13.4. The minimum atomic E-state index is 0.312. The first-order valence-corrected chi connectivity index (χ1v) is 13.4. The Labute approximate surface area is 216 Å². The van der Waals surface area contributed by atoms with E-state index in [0.29, 0.717) is 24.2 Å². The van der Waals surface area contributed by atoms with Crippen molar-refractivity contribution in [3.05, 3.63) is 71.7 Å². The maximum Gasteiger partial charge on any atom is 0.225 e. The largest absolute Gasteiger partial charge is 0.342 e. The van der Waals surface area contributed by atoms with E-state index in [1.54, 1.807) is 6.33 Å². The summed E-state index contributed by atoms with van der Waals surface area (Å²) in [6.45, 7) is 4.41. The molecule has 0 unspecified atom stereocenters. The van der Waals surface area contributed by atoms with Crippen molar-refractivity contribution in [1.29, 1.82) is 0 Å². The van der Waals surface area contributed by atoms with Crippen LogP contribution < -0.4 is 0 Å². The molecule has 0 spiro atoms. The normalized spacial score (nSPS) is 18.4.